The van der Waals surface area contributed by atoms with Crippen LogP contribution in [0.5, 0.6) is 5.75 Å². The summed E-state index contributed by atoms with van der Waals surface area (Å²) < 4.78 is 6.98. The number of aromatic nitrogens is 3. The molecule has 1 N–H and O–H groups in total. The van der Waals surface area contributed by atoms with Crippen LogP contribution >= 0.6 is 0 Å². The summed E-state index contributed by atoms with van der Waals surface area (Å²) in [6, 6.07) is 14.2. The van der Waals surface area contributed by atoms with Crippen LogP contribution in [0.3, 0.4) is 0 Å². The third-order valence-corrected chi connectivity index (χ3v) is 4.27. The van der Waals surface area contributed by atoms with E-state index in [1.54, 1.807) is 4.68 Å². The maximum absolute atomic E-state index is 12.4. The molecule has 1 amide bonds. The largest absolute Gasteiger partial charge is 0.476 e. The van der Waals surface area contributed by atoms with Crippen LogP contribution in [0.1, 0.15) is 24.5 Å². The Bertz CT molecular complexity index is 1010. The van der Waals surface area contributed by atoms with E-state index in [1.165, 1.54) is 18.3 Å². The zero-order chi connectivity index (χ0) is 19.5. The first kappa shape index (κ1) is 17.7. The average molecular weight is 379 g/mol. The number of rotatable bonds is 7. The number of carbonyl (C=O) groups is 1. The van der Waals surface area contributed by atoms with Crippen LogP contribution in [0.15, 0.2) is 54.7 Å². The third kappa shape index (κ3) is 3.83. The van der Waals surface area contributed by atoms with Gasteiger partial charge in [-0.25, -0.2) is 4.68 Å². The number of hydrogen-bond donors (Lipinski definition) is 1. The molecule has 1 aromatic carbocycles. The Hall–Kier alpha value is -3.75. The van der Waals surface area contributed by atoms with Gasteiger partial charge in [-0.1, -0.05) is 18.2 Å². The third-order valence-electron chi connectivity index (χ3n) is 4.27. The highest BCUT2D eigenvalue weighted by Gasteiger charge is 2.28. The van der Waals surface area contributed by atoms with Gasteiger partial charge >= 0.3 is 5.82 Å². The molecule has 142 valence electrons. The zero-order valence-electron chi connectivity index (χ0n) is 14.8. The van der Waals surface area contributed by atoms with E-state index in [-0.39, 0.29) is 12.4 Å². The Balaban J connectivity index is 1.50. The Morgan fingerprint density at radius 2 is 2.04 bits per heavy atom. The molecule has 1 saturated carbocycles. The van der Waals surface area contributed by atoms with E-state index in [4.69, 9.17) is 4.74 Å². The summed E-state index contributed by atoms with van der Waals surface area (Å²) in [5, 5.41) is 18.4. The standard InChI is InChI=1S/C19H17N5O4/c25-18(12-28-16-7-4-10-20-19(16)24(26)27)21-17-11-15(13-8-9-13)22-23(17)14-5-2-1-3-6-14/h1-7,10-11,13H,8-9,12H2,(H,21,25). The van der Waals surface area contributed by atoms with Gasteiger partial charge in [-0.2, -0.15) is 5.10 Å². The van der Waals surface area contributed by atoms with E-state index in [9.17, 15) is 14.9 Å². The van der Waals surface area contributed by atoms with Crippen molar-refractivity contribution in [2.75, 3.05) is 11.9 Å². The number of benzene rings is 1. The number of para-hydroxylation sites is 1. The Morgan fingerprint density at radius 3 is 2.75 bits per heavy atom. The first-order chi connectivity index (χ1) is 13.6. The van der Waals surface area contributed by atoms with Crippen LogP contribution in [0.4, 0.5) is 11.6 Å². The first-order valence-electron chi connectivity index (χ1n) is 8.79. The summed E-state index contributed by atoms with van der Waals surface area (Å²) in [5.74, 6) is 0.0217. The molecule has 9 nitrogen and oxygen atoms in total. The smallest absolute Gasteiger partial charge is 0.406 e. The molecule has 1 fully saturated rings. The first-order valence-corrected chi connectivity index (χ1v) is 8.79. The average Bonchev–Trinajstić information content (AvgIpc) is 3.48. The molecular weight excluding hydrogens is 362 g/mol. The fourth-order valence-electron chi connectivity index (χ4n) is 2.79. The summed E-state index contributed by atoms with van der Waals surface area (Å²) >= 11 is 0. The maximum Gasteiger partial charge on any atom is 0.406 e. The Labute approximate surface area is 160 Å². The van der Waals surface area contributed by atoms with Crippen LogP contribution in [0.2, 0.25) is 0 Å². The second-order valence-electron chi connectivity index (χ2n) is 6.40. The van der Waals surface area contributed by atoms with Crippen LogP contribution in [-0.4, -0.2) is 32.2 Å². The van der Waals surface area contributed by atoms with Crippen LogP contribution in [0, 0.1) is 10.1 Å². The number of nitrogens with zero attached hydrogens (tertiary/aromatic N) is 4. The molecule has 0 radical (unpaired) electrons. The molecule has 0 unspecified atom stereocenters. The summed E-state index contributed by atoms with van der Waals surface area (Å²) in [7, 11) is 0. The molecule has 1 aliphatic carbocycles. The number of nitro groups is 1. The van der Waals surface area contributed by atoms with Crippen molar-refractivity contribution in [1.29, 1.82) is 0 Å². The maximum atomic E-state index is 12.4. The molecule has 0 atom stereocenters. The molecule has 3 aromatic rings. The monoisotopic (exact) mass is 379 g/mol. The van der Waals surface area contributed by atoms with Crippen molar-refractivity contribution in [3.8, 4) is 11.4 Å². The van der Waals surface area contributed by atoms with E-state index in [1.807, 2.05) is 36.4 Å². The highest BCUT2D eigenvalue weighted by Crippen LogP contribution is 2.40. The predicted molar refractivity (Wildman–Crippen MR) is 101 cm³/mol. The van der Waals surface area contributed by atoms with E-state index in [0.717, 1.165) is 24.2 Å². The lowest BCUT2D eigenvalue weighted by Gasteiger charge is -2.09. The van der Waals surface area contributed by atoms with Gasteiger partial charge in [0.25, 0.3) is 5.91 Å². The van der Waals surface area contributed by atoms with Gasteiger partial charge in [-0.15, -0.1) is 0 Å². The Morgan fingerprint density at radius 1 is 1.25 bits per heavy atom. The molecule has 4 rings (SSSR count). The number of carbonyl (C=O) groups excluding carboxylic acids is 1. The molecule has 9 heteroatoms. The van der Waals surface area contributed by atoms with E-state index < -0.39 is 16.6 Å². The van der Waals surface area contributed by atoms with Crippen molar-refractivity contribution in [2.24, 2.45) is 0 Å². The molecule has 0 aliphatic heterocycles. The predicted octanol–water partition coefficient (Wildman–Crippen LogP) is 3.07. The van der Waals surface area contributed by atoms with E-state index in [0.29, 0.717) is 11.7 Å². The van der Waals surface area contributed by atoms with Gasteiger partial charge in [0, 0.05) is 12.0 Å². The summed E-state index contributed by atoms with van der Waals surface area (Å²) in [6.07, 6.45) is 3.48. The fraction of sp³-hybridized carbons (Fsp3) is 0.211. The molecule has 0 saturated heterocycles. The molecule has 0 spiro atoms. The number of nitrogens with one attached hydrogen (secondary N) is 1. The quantitative estimate of drug-likeness (QED) is 0.499. The summed E-state index contributed by atoms with van der Waals surface area (Å²) in [4.78, 5) is 26.4. The topological polar surface area (TPSA) is 112 Å². The van der Waals surface area contributed by atoms with Crippen molar-refractivity contribution < 1.29 is 14.5 Å². The number of anilines is 1. The highest BCUT2D eigenvalue weighted by molar-refractivity contribution is 5.91. The van der Waals surface area contributed by atoms with Crippen molar-refractivity contribution in [2.45, 2.75) is 18.8 Å². The van der Waals surface area contributed by atoms with Crippen molar-refractivity contribution >= 4 is 17.5 Å². The molecule has 1 aliphatic rings. The van der Waals surface area contributed by atoms with Crippen LogP contribution in [-0.2, 0) is 4.79 Å². The fourth-order valence-corrected chi connectivity index (χ4v) is 2.79. The zero-order valence-corrected chi connectivity index (χ0v) is 14.8. The van der Waals surface area contributed by atoms with Crippen molar-refractivity contribution in [3.63, 3.8) is 0 Å². The lowest BCUT2D eigenvalue weighted by molar-refractivity contribution is -0.390. The second-order valence-corrected chi connectivity index (χ2v) is 6.40. The lowest BCUT2D eigenvalue weighted by atomic mass is 10.3. The van der Waals surface area contributed by atoms with Gasteiger partial charge in [0.1, 0.15) is 12.0 Å². The van der Waals surface area contributed by atoms with Crippen LogP contribution in [0.25, 0.3) is 5.69 Å². The number of hydrogen-bond acceptors (Lipinski definition) is 6. The molecule has 2 heterocycles. The number of pyridine rings is 1. The highest BCUT2D eigenvalue weighted by atomic mass is 16.6. The van der Waals surface area contributed by atoms with Gasteiger partial charge in [-0.3, -0.25) is 4.79 Å². The van der Waals surface area contributed by atoms with Crippen LogP contribution < -0.4 is 10.1 Å². The molecule has 0 bridgehead atoms. The van der Waals surface area contributed by atoms with Gasteiger partial charge in [0.05, 0.1) is 11.4 Å². The lowest BCUT2D eigenvalue weighted by Crippen LogP contribution is -2.22. The van der Waals surface area contributed by atoms with E-state index >= 15 is 0 Å². The minimum atomic E-state index is -0.653. The minimum absolute atomic E-state index is 0.0575. The minimum Gasteiger partial charge on any atom is -0.476 e. The van der Waals surface area contributed by atoms with Gasteiger partial charge in [0.2, 0.25) is 5.75 Å². The number of ether oxygens (including phenoxy) is 1. The SMILES string of the molecule is O=C(COc1cccnc1[N+](=O)[O-])Nc1cc(C2CC2)nn1-c1ccccc1. The Kier molecular flexibility index (Phi) is 4.71. The van der Waals surface area contributed by atoms with Crippen molar-refractivity contribution in [3.05, 3.63) is 70.5 Å². The van der Waals surface area contributed by atoms with E-state index in [2.05, 4.69) is 15.4 Å². The summed E-state index contributed by atoms with van der Waals surface area (Å²) in [6.45, 7) is -0.384. The normalized spacial score (nSPS) is 13.1. The van der Waals surface area contributed by atoms with Crippen molar-refractivity contribution in [1.82, 2.24) is 14.8 Å². The second kappa shape index (κ2) is 7.47. The summed E-state index contributed by atoms with van der Waals surface area (Å²) in [5.41, 5.74) is 1.76. The van der Waals surface area contributed by atoms with Gasteiger partial charge in [0.15, 0.2) is 6.61 Å². The molecule has 2 aromatic heterocycles. The molecular formula is C19H17N5O4. The van der Waals surface area contributed by atoms with Gasteiger partial charge < -0.3 is 20.2 Å². The number of amides is 1. The molecule has 28 heavy (non-hydrogen) atoms. The van der Waals surface area contributed by atoms with Gasteiger partial charge in [-0.05, 0) is 47.0 Å².